The maximum Gasteiger partial charge on any atom is 0.251 e. The first-order chi connectivity index (χ1) is 20.7. The number of amides is 2. The van der Waals surface area contributed by atoms with E-state index in [1.807, 2.05) is 36.1 Å². The van der Waals surface area contributed by atoms with Crippen molar-refractivity contribution in [2.24, 2.45) is 0 Å². The van der Waals surface area contributed by atoms with Crippen LogP contribution in [0.3, 0.4) is 0 Å². The van der Waals surface area contributed by atoms with E-state index in [1.165, 1.54) is 13.2 Å². The second kappa shape index (κ2) is 11.7. The van der Waals surface area contributed by atoms with Gasteiger partial charge in [0.1, 0.15) is 11.6 Å². The lowest BCUT2D eigenvalue weighted by atomic mass is 9.95. The third kappa shape index (κ3) is 5.70. The molecule has 0 saturated carbocycles. The van der Waals surface area contributed by atoms with Crippen molar-refractivity contribution in [1.82, 2.24) is 30.3 Å². The number of nitrogens with zero attached hydrogens (tertiary/aromatic N) is 4. The Morgan fingerprint density at radius 1 is 1.16 bits per heavy atom. The minimum Gasteiger partial charge on any atom is -0.496 e. The molecule has 9 nitrogen and oxygen atoms in total. The van der Waals surface area contributed by atoms with Crippen molar-refractivity contribution < 1.29 is 18.7 Å². The number of aromatic amines is 1. The molecule has 43 heavy (non-hydrogen) atoms. The zero-order valence-electron chi connectivity index (χ0n) is 24.5. The lowest BCUT2D eigenvalue weighted by Crippen LogP contribution is -2.56. The van der Waals surface area contributed by atoms with Crippen LogP contribution < -0.4 is 10.1 Å². The fourth-order valence-electron chi connectivity index (χ4n) is 5.83. The Balaban J connectivity index is 1.23. The number of likely N-dealkylation sites (tertiary alicyclic amines) is 1. The van der Waals surface area contributed by atoms with Gasteiger partial charge in [-0.2, -0.15) is 5.10 Å². The molecule has 3 heterocycles. The number of aryl methyl sites for hydroxylation is 1. The number of carbonyl (C=O) groups is 2. The van der Waals surface area contributed by atoms with Gasteiger partial charge in [0.2, 0.25) is 5.91 Å². The van der Waals surface area contributed by atoms with E-state index in [0.29, 0.717) is 36.3 Å². The lowest BCUT2D eigenvalue weighted by Gasteiger charge is -2.40. The summed E-state index contributed by atoms with van der Waals surface area (Å²) in [6, 6.07) is 15.6. The Bertz CT molecular complexity index is 1830. The average molecular weight is 601 g/mol. The monoisotopic (exact) mass is 600 g/mol. The molecule has 222 valence electrons. The molecule has 2 atom stereocenters. The maximum absolute atomic E-state index is 14.9. The van der Waals surface area contributed by atoms with Crippen molar-refractivity contribution in [1.29, 1.82) is 0 Å². The molecule has 1 saturated heterocycles. The zero-order chi connectivity index (χ0) is 30.2. The zero-order valence-corrected chi connectivity index (χ0v) is 25.3. The number of hydrogen-bond donors (Lipinski definition) is 2. The maximum atomic E-state index is 14.9. The summed E-state index contributed by atoms with van der Waals surface area (Å²) in [5.41, 5.74) is 4.40. The molecule has 0 bridgehead atoms. The van der Waals surface area contributed by atoms with E-state index in [1.54, 1.807) is 48.5 Å². The Morgan fingerprint density at radius 3 is 2.79 bits per heavy atom. The molecule has 6 rings (SSSR count). The third-order valence-corrected chi connectivity index (χ3v) is 8.93. The fourth-order valence-corrected chi connectivity index (χ4v) is 6.70. The number of fused-ring (bicyclic) bond motifs is 2. The molecule has 2 N–H and O–H groups in total. The van der Waals surface area contributed by atoms with Gasteiger partial charge in [-0.15, -0.1) is 11.3 Å². The number of thiazole rings is 1. The number of piperidine rings is 1. The number of methoxy groups -OCH3 is 1. The van der Waals surface area contributed by atoms with Crippen LogP contribution in [0, 0.1) is 12.7 Å². The number of halogens is 1. The van der Waals surface area contributed by atoms with Crippen LogP contribution >= 0.6 is 11.3 Å². The third-order valence-electron chi connectivity index (χ3n) is 8.00. The van der Waals surface area contributed by atoms with Gasteiger partial charge in [-0.25, -0.2) is 9.37 Å². The highest BCUT2D eigenvalue weighted by Gasteiger charge is 2.35. The first-order valence-electron chi connectivity index (χ1n) is 14.1. The summed E-state index contributed by atoms with van der Waals surface area (Å²) in [6.07, 6.45) is 1.15. The molecule has 0 aliphatic carbocycles. The van der Waals surface area contributed by atoms with E-state index in [-0.39, 0.29) is 24.4 Å². The van der Waals surface area contributed by atoms with Crippen LogP contribution in [-0.2, 0) is 11.3 Å². The Labute approximate surface area is 252 Å². The van der Waals surface area contributed by atoms with E-state index < -0.39 is 11.9 Å². The molecular weight excluding hydrogens is 567 g/mol. The number of benzene rings is 3. The standard InChI is InChI=1S/C32H33FN6O3S/c1-18-34-26-12-8-19(15-29(26)43-18)30-22-14-20(9-11-25(22)36-37-30)31(40)35-21-10-13-27(32(41)38(2)3)39(16-21)17-23-24(33)6-5-7-28(23)42-4/h5-9,11-12,14-15,21,27H,10,13,16-17H2,1-4H3,(H,35,40)(H,36,37)/t21-,27+/m1/s1. The lowest BCUT2D eigenvalue weighted by molar-refractivity contribution is -0.136. The van der Waals surface area contributed by atoms with Gasteiger partial charge in [0.25, 0.3) is 5.91 Å². The molecule has 0 spiro atoms. The molecule has 3 aromatic carbocycles. The van der Waals surface area contributed by atoms with E-state index in [0.717, 1.165) is 37.4 Å². The number of aromatic nitrogens is 3. The first-order valence-corrected chi connectivity index (χ1v) is 15.0. The van der Waals surface area contributed by atoms with E-state index in [4.69, 9.17) is 4.74 Å². The van der Waals surface area contributed by atoms with Gasteiger partial charge in [0, 0.05) is 55.3 Å². The van der Waals surface area contributed by atoms with Gasteiger partial charge in [-0.3, -0.25) is 19.6 Å². The van der Waals surface area contributed by atoms with Crippen LogP contribution in [-0.4, -0.2) is 76.6 Å². The summed E-state index contributed by atoms with van der Waals surface area (Å²) >= 11 is 1.63. The van der Waals surface area contributed by atoms with Crippen LogP contribution in [0.2, 0.25) is 0 Å². The molecule has 2 aromatic heterocycles. The van der Waals surface area contributed by atoms with Crippen molar-refractivity contribution in [3.63, 3.8) is 0 Å². The van der Waals surface area contributed by atoms with E-state index in [9.17, 15) is 14.0 Å². The first kappa shape index (κ1) is 28.8. The van der Waals surface area contributed by atoms with Crippen LogP contribution in [0.25, 0.3) is 32.4 Å². The summed E-state index contributed by atoms with van der Waals surface area (Å²) in [4.78, 5) is 34.6. The van der Waals surface area contributed by atoms with Crippen molar-refractivity contribution in [2.45, 2.75) is 38.4 Å². The Kier molecular flexibility index (Phi) is 7.85. The predicted molar refractivity (Wildman–Crippen MR) is 166 cm³/mol. The Hall–Kier alpha value is -4.35. The van der Waals surface area contributed by atoms with E-state index in [2.05, 4.69) is 26.6 Å². The number of rotatable bonds is 7. The van der Waals surface area contributed by atoms with Crippen molar-refractivity contribution in [2.75, 3.05) is 27.7 Å². The molecule has 11 heteroatoms. The van der Waals surface area contributed by atoms with Gasteiger partial charge < -0.3 is 15.0 Å². The topological polar surface area (TPSA) is 103 Å². The van der Waals surface area contributed by atoms with Crippen LogP contribution in [0.4, 0.5) is 4.39 Å². The summed E-state index contributed by atoms with van der Waals surface area (Å²) < 4.78 is 21.4. The van der Waals surface area contributed by atoms with Gasteiger partial charge in [0.05, 0.1) is 39.6 Å². The molecule has 0 unspecified atom stereocenters. The molecular formula is C32H33FN6O3S. The van der Waals surface area contributed by atoms with Crippen LogP contribution in [0.15, 0.2) is 54.6 Å². The highest BCUT2D eigenvalue weighted by Crippen LogP contribution is 2.32. The quantitative estimate of drug-likeness (QED) is 0.268. The second-order valence-electron chi connectivity index (χ2n) is 11.1. The highest BCUT2D eigenvalue weighted by atomic mass is 32.1. The van der Waals surface area contributed by atoms with Crippen molar-refractivity contribution in [3.05, 3.63) is 76.5 Å². The van der Waals surface area contributed by atoms with Crippen molar-refractivity contribution in [3.8, 4) is 17.0 Å². The minimum absolute atomic E-state index is 0.0512. The molecule has 0 radical (unpaired) electrons. The summed E-state index contributed by atoms with van der Waals surface area (Å²) in [5, 5.41) is 12.6. The number of likely N-dealkylation sites (N-methyl/N-ethyl adjacent to an activating group) is 1. The molecule has 5 aromatic rings. The minimum atomic E-state index is -0.433. The van der Waals surface area contributed by atoms with Gasteiger partial charge in [-0.1, -0.05) is 12.1 Å². The number of carbonyl (C=O) groups excluding carboxylic acids is 2. The molecule has 2 amide bonds. The number of nitrogens with one attached hydrogen (secondary N) is 2. The molecule has 1 aliphatic rings. The SMILES string of the molecule is COc1cccc(F)c1CN1C[C@H](NC(=O)c2ccc3[nH]nc(-c4ccc5nc(C)sc5c4)c3c2)CC[C@H]1C(=O)N(C)C. The highest BCUT2D eigenvalue weighted by molar-refractivity contribution is 7.18. The van der Waals surface area contributed by atoms with Crippen molar-refractivity contribution >= 4 is 44.3 Å². The normalized spacial score (nSPS) is 17.3. The smallest absolute Gasteiger partial charge is 0.251 e. The largest absolute Gasteiger partial charge is 0.496 e. The molecule has 1 fully saturated rings. The summed E-state index contributed by atoms with van der Waals surface area (Å²) in [7, 11) is 4.93. The Morgan fingerprint density at radius 2 is 2.00 bits per heavy atom. The number of ether oxygens (including phenoxy) is 1. The summed E-state index contributed by atoms with van der Waals surface area (Å²) in [6.45, 7) is 2.56. The second-order valence-corrected chi connectivity index (χ2v) is 12.3. The van der Waals surface area contributed by atoms with Crippen LogP contribution in [0.5, 0.6) is 5.75 Å². The average Bonchev–Trinajstić information content (AvgIpc) is 3.59. The number of hydrogen-bond acceptors (Lipinski definition) is 7. The van der Waals surface area contributed by atoms with Gasteiger partial charge >= 0.3 is 0 Å². The summed E-state index contributed by atoms with van der Waals surface area (Å²) in [5.74, 6) is -0.232. The van der Waals surface area contributed by atoms with Gasteiger partial charge in [0.15, 0.2) is 0 Å². The number of H-pyrrole nitrogens is 1. The van der Waals surface area contributed by atoms with Gasteiger partial charge in [-0.05, 0) is 62.2 Å². The molecule has 1 aliphatic heterocycles. The predicted octanol–water partition coefficient (Wildman–Crippen LogP) is 5.15. The van der Waals surface area contributed by atoms with E-state index >= 15 is 0 Å². The fraction of sp³-hybridized carbons (Fsp3) is 0.312. The van der Waals surface area contributed by atoms with Crippen LogP contribution in [0.1, 0.15) is 33.8 Å².